The van der Waals surface area contributed by atoms with E-state index in [1.165, 1.54) is 24.0 Å². The standard InChI is InChI=1S/C44H74NO12P/c1-5-7-18-24-37-30-35(4)41(56-37)26-20-15-12-13-17-22-28-43(47)57-38(32-53-58(50,51)54-33-39(45)44(48)49)31-52-42(46)27-21-16-11-9-8-10-14-19-25-40-34(3)29-36(55-40)23-6-2/h29-30,38-39H,5-28,31-33,45H2,1-4H3,(H,48,49)(H,50,51). The van der Waals surface area contributed by atoms with E-state index in [0.29, 0.717) is 12.8 Å². The number of nitrogens with two attached hydrogens (primary N) is 1. The van der Waals surface area contributed by atoms with Crippen LogP contribution in [0.15, 0.2) is 21.0 Å². The third kappa shape index (κ3) is 23.6. The molecule has 3 atom stereocenters. The Morgan fingerprint density at radius 1 is 0.638 bits per heavy atom. The molecule has 0 aliphatic rings. The maximum absolute atomic E-state index is 12.7. The molecular formula is C44H74NO12P. The molecule has 4 N–H and O–H groups in total. The van der Waals surface area contributed by atoms with Gasteiger partial charge in [-0.05, 0) is 75.6 Å². The first-order valence-corrected chi connectivity index (χ1v) is 23.4. The zero-order valence-corrected chi connectivity index (χ0v) is 36.8. The molecule has 0 fully saturated rings. The molecule has 0 amide bonds. The van der Waals surface area contributed by atoms with E-state index in [1.807, 2.05) is 0 Å². The van der Waals surface area contributed by atoms with E-state index in [4.69, 9.17) is 33.7 Å². The summed E-state index contributed by atoms with van der Waals surface area (Å²) >= 11 is 0. The number of aryl methyl sites for hydroxylation is 6. The first-order chi connectivity index (χ1) is 27.8. The van der Waals surface area contributed by atoms with Gasteiger partial charge in [-0.2, -0.15) is 0 Å². The van der Waals surface area contributed by atoms with E-state index < -0.39 is 51.1 Å². The van der Waals surface area contributed by atoms with Gasteiger partial charge in [0.2, 0.25) is 0 Å². The molecule has 0 aromatic carbocycles. The van der Waals surface area contributed by atoms with Crippen LogP contribution in [-0.2, 0) is 63.2 Å². The van der Waals surface area contributed by atoms with Gasteiger partial charge >= 0.3 is 25.7 Å². The molecule has 14 heteroatoms. The maximum Gasteiger partial charge on any atom is 0.472 e. The largest absolute Gasteiger partial charge is 0.480 e. The smallest absolute Gasteiger partial charge is 0.472 e. The van der Waals surface area contributed by atoms with Crippen LogP contribution < -0.4 is 5.73 Å². The topological polar surface area (TPSA) is 198 Å². The Bertz CT molecular complexity index is 1490. The SMILES string of the molecule is CCCCCc1cc(C)c(CCCCCCCCC(=O)OC(COC(=O)CCCCCCCCCCc2oc(CCC)cc2C)COP(=O)(O)OCC(N)C(=O)O)o1. The molecular weight excluding hydrogens is 765 g/mol. The second kappa shape index (κ2) is 30.1. The summed E-state index contributed by atoms with van der Waals surface area (Å²) in [5.41, 5.74) is 7.81. The predicted octanol–water partition coefficient (Wildman–Crippen LogP) is 10.2. The molecule has 0 spiro atoms. The average molecular weight is 840 g/mol. The normalized spacial score (nSPS) is 13.6. The van der Waals surface area contributed by atoms with Crippen LogP contribution >= 0.6 is 7.82 Å². The zero-order valence-electron chi connectivity index (χ0n) is 35.9. The number of esters is 2. The summed E-state index contributed by atoms with van der Waals surface area (Å²) in [6, 6.07) is 2.79. The highest BCUT2D eigenvalue weighted by Crippen LogP contribution is 2.43. The third-order valence-electron chi connectivity index (χ3n) is 10.1. The zero-order chi connectivity index (χ0) is 42.6. The number of hydrogen-bond donors (Lipinski definition) is 3. The lowest BCUT2D eigenvalue weighted by atomic mass is 10.1. The monoisotopic (exact) mass is 839 g/mol. The number of carbonyl (C=O) groups excluding carboxylic acids is 2. The number of phosphoric ester groups is 1. The molecule has 0 saturated carbocycles. The summed E-state index contributed by atoms with van der Waals surface area (Å²) in [6.45, 7) is 6.83. The van der Waals surface area contributed by atoms with Crippen LogP contribution in [0.25, 0.3) is 0 Å². The molecule has 2 heterocycles. The lowest BCUT2D eigenvalue weighted by Gasteiger charge is -2.20. The summed E-state index contributed by atoms with van der Waals surface area (Å²) in [7, 11) is -4.74. The van der Waals surface area contributed by atoms with E-state index >= 15 is 0 Å². The van der Waals surface area contributed by atoms with Gasteiger partial charge in [-0.1, -0.05) is 90.9 Å². The van der Waals surface area contributed by atoms with Crippen molar-refractivity contribution in [1.82, 2.24) is 0 Å². The maximum atomic E-state index is 12.7. The molecule has 2 aromatic rings. The molecule has 3 unspecified atom stereocenters. The van der Waals surface area contributed by atoms with Crippen LogP contribution in [0.4, 0.5) is 0 Å². The molecule has 13 nitrogen and oxygen atoms in total. The van der Waals surface area contributed by atoms with Gasteiger partial charge in [0.25, 0.3) is 0 Å². The van der Waals surface area contributed by atoms with Gasteiger partial charge in [-0.3, -0.25) is 23.4 Å². The minimum absolute atomic E-state index is 0.126. The van der Waals surface area contributed by atoms with Crippen molar-refractivity contribution in [3.8, 4) is 0 Å². The summed E-state index contributed by atoms with van der Waals surface area (Å²) in [5.74, 6) is 1.92. The number of carbonyl (C=O) groups is 3. The van der Waals surface area contributed by atoms with E-state index in [0.717, 1.165) is 139 Å². The fourth-order valence-corrected chi connectivity index (χ4v) is 7.45. The number of furan rings is 2. The lowest BCUT2D eigenvalue weighted by molar-refractivity contribution is -0.161. The molecule has 332 valence electrons. The number of aliphatic carboxylic acids is 1. The van der Waals surface area contributed by atoms with Crippen LogP contribution in [0.3, 0.4) is 0 Å². The minimum Gasteiger partial charge on any atom is -0.480 e. The van der Waals surface area contributed by atoms with Crippen LogP contribution in [0.2, 0.25) is 0 Å². The molecule has 58 heavy (non-hydrogen) atoms. The number of carboxylic acids is 1. The molecule has 2 aromatic heterocycles. The number of ether oxygens (including phenoxy) is 2. The van der Waals surface area contributed by atoms with Gasteiger partial charge in [0.05, 0.1) is 13.2 Å². The third-order valence-corrected chi connectivity index (χ3v) is 11.1. The van der Waals surface area contributed by atoms with Crippen molar-refractivity contribution in [3.63, 3.8) is 0 Å². The fourth-order valence-electron chi connectivity index (χ4n) is 6.68. The first kappa shape index (κ1) is 51.2. The van der Waals surface area contributed by atoms with E-state index in [9.17, 15) is 23.8 Å². The Hall–Kier alpha value is -2.96. The van der Waals surface area contributed by atoms with Crippen molar-refractivity contribution in [3.05, 3.63) is 46.3 Å². The number of hydrogen-bond acceptors (Lipinski definition) is 11. The van der Waals surface area contributed by atoms with Crippen molar-refractivity contribution < 1.29 is 56.3 Å². The first-order valence-electron chi connectivity index (χ1n) is 21.9. The number of phosphoric acid groups is 1. The Morgan fingerprint density at radius 2 is 1.10 bits per heavy atom. The van der Waals surface area contributed by atoms with Crippen LogP contribution in [0.5, 0.6) is 0 Å². The Kier molecular flexibility index (Phi) is 26.6. The number of unbranched alkanes of at least 4 members (excludes halogenated alkanes) is 14. The second-order valence-corrected chi connectivity index (χ2v) is 17.0. The highest BCUT2D eigenvalue weighted by atomic mass is 31.2. The number of carboxylic acid groups (broad SMARTS) is 1. The van der Waals surface area contributed by atoms with Crippen LogP contribution in [0, 0.1) is 13.8 Å². The van der Waals surface area contributed by atoms with Crippen LogP contribution in [-0.4, -0.2) is 59.9 Å². The Morgan fingerprint density at radius 3 is 1.62 bits per heavy atom. The molecule has 2 rings (SSSR count). The van der Waals surface area contributed by atoms with Crippen molar-refractivity contribution in [2.24, 2.45) is 5.73 Å². The summed E-state index contributed by atoms with van der Waals surface area (Å²) < 4.78 is 44.8. The van der Waals surface area contributed by atoms with Crippen LogP contribution in [0.1, 0.15) is 176 Å². The van der Waals surface area contributed by atoms with Crippen molar-refractivity contribution >= 4 is 25.7 Å². The Labute approximate surface area is 347 Å². The van der Waals surface area contributed by atoms with Crippen molar-refractivity contribution in [1.29, 1.82) is 0 Å². The number of rotatable bonds is 36. The predicted molar refractivity (Wildman–Crippen MR) is 224 cm³/mol. The van der Waals surface area contributed by atoms with Crippen molar-refractivity contribution in [2.45, 2.75) is 194 Å². The summed E-state index contributed by atoms with van der Waals surface area (Å²) in [5, 5.41) is 8.91. The molecule has 0 aliphatic heterocycles. The Balaban J connectivity index is 1.65. The molecule has 0 bridgehead atoms. The molecule has 0 radical (unpaired) electrons. The van der Waals surface area contributed by atoms with E-state index in [-0.39, 0.29) is 19.4 Å². The van der Waals surface area contributed by atoms with Gasteiger partial charge in [0.1, 0.15) is 35.7 Å². The minimum atomic E-state index is -4.74. The van der Waals surface area contributed by atoms with E-state index in [2.05, 4.69) is 44.4 Å². The highest BCUT2D eigenvalue weighted by molar-refractivity contribution is 7.47. The summed E-state index contributed by atoms with van der Waals surface area (Å²) in [4.78, 5) is 46.2. The van der Waals surface area contributed by atoms with Gasteiger partial charge in [0, 0.05) is 38.5 Å². The second-order valence-electron chi connectivity index (χ2n) is 15.6. The van der Waals surface area contributed by atoms with Gasteiger partial charge in [-0.25, -0.2) is 4.57 Å². The molecule has 0 saturated heterocycles. The van der Waals surface area contributed by atoms with Gasteiger partial charge in [0.15, 0.2) is 6.10 Å². The lowest BCUT2D eigenvalue weighted by Crippen LogP contribution is -2.34. The summed E-state index contributed by atoms with van der Waals surface area (Å²) in [6.07, 6.45) is 21.4. The highest BCUT2D eigenvalue weighted by Gasteiger charge is 2.28. The molecule has 0 aliphatic carbocycles. The quantitative estimate of drug-likeness (QED) is 0.0333. The van der Waals surface area contributed by atoms with Gasteiger partial charge in [-0.15, -0.1) is 0 Å². The van der Waals surface area contributed by atoms with Crippen molar-refractivity contribution in [2.75, 3.05) is 19.8 Å². The average Bonchev–Trinajstić information content (AvgIpc) is 3.72. The van der Waals surface area contributed by atoms with Gasteiger partial charge < -0.3 is 34.0 Å². The van der Waals surface area contributed by atoms with E-state index in [1.54, 1.807) is 0 Å². The fraction of sp³-hybridized carbons (Fsp3) is 0.750.